The maximum atomic E-state index is 2.40. The van der Waals surface area contributed by atoms with Crippen LogP contribution in [0.4, 0.5) is 17.1 Å². The molecule has 0 unspecified atom stereocenters. The Bertz CT molecular complexity index is 3210. The van der Waals surface area contributed by atoms with Crippen LogP contribution in [0, 0.1) is 0 Å². The van der Waals surface area contributed by atoms with Crippen molar-refractivity contribution in [2.24, 2.45) is 0 Å². The number of para-hydroxylation sites is 2. The van der Waals surface area contributed by atoms with Gasteiger partial charge in [0.05, 0.1) is 11.0 Å². The third kappa shape index (κ3) is 5.26. The number of fused-ring (bicyclic) bond motifs is 8. The first-order valence-corrected chi connectivity index (χ1v) is 19.3. The molecule has 10 aromatic carbocycles. The molecule has 0 radical (unpaired) electrons. The van der Waals surface area contributed by atoms with Crippen molar-refractivity contribution >= 4 is 71.2 Å². The van der Waals surface area contributed by atoms with E-state index in [0.717, 1.165) is 22.7 Å². The standard InChI is InChI=1S/C54H36N2/c1-2-14-42(15-3-1)55(44-33-26-40(27-34-44)51-36-41-13-5-6-16-46(41)48-18-8-9-19-49(48)51)43-29-22-37(23-30-43)38-24-31-45(32-25-38)56-52-21-11-10-20-50(52)54-47-17-7-4-12-39(47)28-35-53(54)56/h1-36H. The van der Waals surface area contributed by atoms with Crippen molar-refractivity contribution in [3.05, 3.63) is 218 Å². The van der Waals surface area contributed by atoms with Crippen molar-refractivity contribution in [1.82, 2.24) is 4.57 Å². The van der Waals surface area contributed by atoms with Gasteiger partial charge in [-0.3, -0.25) is 0 Å². The van der Waals surface area contributed by atoms with Gasteiger partial charge in [0.25, 0.3) is 0 Å². The molecule has 56 heavy (non-hydrogen) atoms. The number of hydrogen-bond acceptors (Lipinski definition) is 1. The summed E-state index contributed by atoms with van der Waals surface area (Å²) >= 11 is 0. The lowest BCUT2D eigenvalue weighted by molar-refractivity contribution is 1.18. The Morgan fingerprint density at radius 3 is 1.54 bits per heavy atom. The summed E-state index contributed by atoms with van der Waals surface area (Å²) in [5.41, 5.74) is 11.8. The van der Waals surface area contributed by atoms with Crippen molar-refractivity contribution in [2.75, 3.05) is 4.90 Å². The number of anilines is 3. The third-order valence-electron chi connectivity index (χ3n) is 11.4. The first-order valence-electron chi connectivity index (χ1n) is 19.3. The predicted octanol–water partition coefficient (Wildman–Crippen LogP) is 15.0. The molecule has 0 aliphatic heterocycles. The second-order valence-corrected chi connectivity index (χ2v) is 14.5. The molecule has 0 atom stereocenters. The van der Waals surface area contributed by atoms with Gasteiger partial charge in [0, 0.05) is 33.5 Å². The van der Waals surface area contributed by atoms with Gasteiger partial charge >= 0.3 is 0 Å². The van der Waals surface area contributed by atoms with Crippen molar-refractivity contribution < 1.29 is 0 Å². The fourth-order valence-corrected chi connectivity index (χ4v) is 8.73. The van der Waals surface area contributed by atoms with Crippen LogP contribution in [0.15, 0.2) is 218 Å². The van der Waals surface area contributed by atoms with E-state index in [1.54, 1.807) is 0 Å². The van der Waals surface area contributed by atoms with E-state index in [2.05, 4.69) is 228 Å². The zero-order chi connectivity index (χ0) is 37.0. The van der Waals surface area contributed by atoms with Crippen LogP contribution in [0.3, 0.4) is 0 Å². The maximum absolute atomic E-state index is 2.40. The van der Waals surface area contributed by atoms with Crippen molar-refractivity contribution in [3.63, 3.8) is 0 Å². The molecule has 0 aliphatic rings. The first-order chi connectivity index (χ1) is 27.8. The van der Waals surface area contributed by atoms with Crippen molar-refractivity contribution in [1.29, 1.82) is 0 Å². The van der Waals surface area contributed by atoms with Gasteiger partial charge in [-0.25, -0.2) is 0 Å². The van der Waals surface area contributed by atoms with Gasteiger partial charge in [-0.1, -0.05) is 152 Å². The SMILES string of the molecule is c1ccc(N(c2ccc(-c3ccc(-n4c5ccccc5c5c6ccccc6ccc54)cc3)cc2)c2ccc(-c3cc4ccccc4c4ccccc34)cc2)cc1. The van der Waals surface area contributed by atoms with E-state index in [0.29, 0.717) is 0 Å². The minimum atomic E-state index is 1.11. The lowest BCUT2D eigenvalue weighted by Gasteiger charge is -2.26. The third-order valence-corrected chi connectivity index (χ3v) is 11.4. The summed E-state index contributed by atoms with van der Waals surface area (Å²) < 4.78 is 2.40. The average molecular weight is 713 g/mol. The van der Waals surface area contributed by atoms with Gasteiger partial charge in [-0.15, -0.1) is 0 Å². The number of aromatic nitrogens is 1. The quantitative estimate of drug-likeness (QED) is 0.156. The number of benzene rings is 10. The average Bonchev–Trinajstić information content (AvgIpc) is 3.62. The van der Waals surface area contributed by atoms with E-state index >= 15 is 0 Å². The van der Waals surface area contributed by atoms with Crippen LogP contribution in [0.1, 0.15) is 0 Å². The summed E-state index contributed by atoms with van der Waals surface area (Å²) in [6, 6.07) is 79.3. The van der Waals surface area contributed by atoms with Crippen LogP contribution in [0.2, 0.25) is 0 Å². The molecule has 11 rings (SSSR count). The van der Waals surface area contributed by atoms with Gasteiger partial charge in [0.2, 0.25) is 0 Å². The predicted molar refractivity (Wildman–Crippen MR) is 239 cm³/mol. The molecular formula is C54H36N2. The molecule has 0 saturated heterocycles. The Hall–Kier alpha value is -7.42. The van der Waals surface area contributed by atoms with Crippen LogP contribution in [-0.2, 0) is 0 Å². The molecule has 1 heterocycles. The van der Waals surface area contributed by atoms with Crippen molar-refractivity contribution in [2.45, 2.75) is 0 Å². The highest BCUT2D eigenvalue weighted by Gasteiger charge is 2.16. The fourth-order valence-electron chi connectivity index (χ4n) is 8.73. The van der Waals surface area contributed by atoms with Crippen molar-refractivity contribution in [3.8, 4) is 27.9 Å². The minimum Gasteiger partial charge on any atom is -0.311 e. The summed E-state index contributed by atoms with van der Waals surface area (Å²) in [5.74, 6) is 0. The molecule has 2 nitrogen and oxygen atoms in total. The topological polar surface area (TPSA) is 8.17 Å². The smallest absolute Gasteiger partial charge is 0.0547 e. The molecule has 2 heteroatoms. The molecule has 0 bridgehead atoms. The lowest BCUT2D eigenvalue weighted by Crippen LogP contribution is -2.09. The van der Waals surface area contributed by atoms with E-state index in [4.69, 9.17) is 0 Å². The largest absolute Gasteiger partial charge is 0.311 e. The van der Waals surface area contributed by atoms with Gasteiger partial charge < -0.3 is 9.47 Å². The molecule has 0 saturated carbocycles. The van der Waals surface area contributed by atoms with Gasteiger partial charge in [0.15, 0.2) is 0 Å². The zero-order valence-electron chi connectivity index (χ0n) is 30.7. The molecule has 1 aromatic heterocycles. The molecule has 0 amide bonds. The molecule has 262 valence electrons. The molecular weight excluding hydrogens is 677 g/mol. The van der Waals surface area contributed by atoms with E-state index in [1.165, 1.54) is 76.4 Å². The second kappa shape index (κ2) is 13.2. The number of hydrogen-bond donors (Lipinski definition) is 0. The van der Waals surface area contributed by atoms with Crippen LogP contribution >= 0.6 is 0 Å². The second-order valence-electron chi connectivity index (χ2n) is 14.5. The van der Waals surface area contributed by atoms with Gasteiger partial charge in [-0.05, 0) is 121 Å². The summed E-state index contributed by atoms with van der Waals surface area (Å²) in [7, 11) is 0. The molecule has 0 aliphatic carbocycles. The monoisotopic (exact) mass is 712 g/mol. The maximum Gasteiger partial charge on any atom is 0.0547 e. The summed E-state index contributed by atoms with van der Waals surface area (Å²) in [5, 5.41) is 10.2. The molecule has 11 aromatic rings. The highest BCUT2D eigenvalue weighted by Crippen LogP contribution is 2.40. The minimum absolute atomic E-state index is 1.11. The Morgan fingerprint density at radius 1 is 0.304 bits per heavy atom. The highest BCUT2D eigenvalue weighted by molar-refractivity contribution is 6.21. The summed E-state index contributed by atoms with van der Waals surface area (Å²) in [4.78, 5) is 2.33. The van der Waals surface area contributed by atoms with Crippen LogP contribution < -0.4 is 4.90 Å². The van der Waals surface area contributed by atoms with E-state index in [1.807, 2.05) is 0 Å². The van der Waals surface area contributed by atoms with Crippen LogP contribution in [0.25, 0.3) is 82.1 Å². The highest BCUT2D eigenvalue weighted by atomic mass is 15.1. The van der Waals surface area contributed by atoms with Crippen LogP contribution in [0.5, 0.6) is 0 Å². The Balaban J connectivity index is 0.936. The number of nitrogens with zero attached hydrogens (tertiary/aromatic N) is 2. The van der Waals surface area contributed by atoms with Gasteiger partial charge in [0.1, 0.15) is 0 Å². The van der Waals surface area contributed by atoms with E-state index in [9.17, 15) is 0 Å². The van der Waals surface area contributed by atoms with Gasteiger partial charge in [-0.2, -0.15) is 0 Å². The summed E-state index contributed by atoms with van der Waals surface area (Å²) in [6.45, 7) is 0. The molecule has 0 fully saturated rings. The van der Waals surface area contributed by atoms with Crippen LogP contribution in [-0.4, -0.2) is 4.57 Å². The first kappa shape index (κ1) is 32.0. The Kier molecular flexibility index (Phi) is 7.53. The van der Waals surface area contributed by atoms with E-state index in [-0.39, 0.29) is 0 Å². The Morgan fingerprint density at radius 2 is 0.821 bits per heavy atom. The van der Waals surface area contributed by atoms with E-state index < -0.39 is 0 Å². The summed E-state index contributed by atoms with van der Waals surface area (Å²) in [6.07, 6.45) is 0. The molecule has 0 spiro atoms. The number of rotatable bonds is 6. The normalized spacial score (nSPS) is 11.6. The Labute approximate surface area is 325 Å². The fraction of sp³-hybridized carbons (Fsp3) is 0. The zero-order valence-corrected chi connectivity index (χ0v) is 30.7. The molecule has 0 N–H and O–H groups in total. The lowest BCUT2D eigenvalue weighted by atomic mass is 9.93.